The highest BCUT2D eigenvalue weighted by atomic mass is 127. The fourth-order valence-electron chi connectivity index (χ4n) is 3.50. The van der Waals surface area contributed by atoms with Crippen molar-refractivity contribution in [3.8, 4) is 5.75 Å². The zero-order chi connectivity index (χ0) is 21.9. The van der Waals surface area contributed by atoms with E-state index in [1.165, 1.54) is 5.56 Å². The van der Waals surface area contributed by atoms with Crippen LogP contribution >= 0.6 is 24.0 Å². The molecule has 2 aromatic rings. The van der Waals surface area contributed by atoms with Crippen molar-refractivity contribution >= 4 is 29.9 Å². The molecule has 1 aromatic heterocycles. The van der Waals surface area contributed by atoms with Gasteiger partial charge in [0.15, 0.2) is 5.96 Å². The largest absolute Gasteiger partial charge is 0.497 e. The molecule has 1 aromatic carbocycles. The summed E-state index contributed by atoms with van der Waals surface area (Å²) in [5.74, 6) is 2.67. The average molecular weight is 556 g/mol. The van der Waals surface area contributed by atoms with E-state index in [1.54, 1.807) is 13.4 Å². The maximum absolute atomic E-state index is 5.44. The molecular weight excluding hydrogens is 519 g/mol. The summed E-state index contributed by atoms with van der Waals surface area (Å²) in [6.07, 6.45) is 2.53. The summed E-state index contributed by atoms with van der Waals surface area (Å²) in [4.78, 5) is 7.32. The van der Waals surface area contributed by atoms with Gasteiger partial charge in [-0.25, -0.2) is 0 Å². The number of hydrogen-bond donors (Lipinski definition) is 2. The molecule has 2 heterocycles. The fraction of sp³-hybridized carbons (Fsp3) is 0.542. The minimum absolute atomic E-state index is 0. The monoisotopic (exact) mass is 556 g/mol. The lowest BCUT2D eigenvalue weighted by atomic mass is 9.85. The fourth-order valence-corrected chi connectivity index (χ4v) is 3.50. The Morgan fingerprint density at radius 2 is 1.91 bits per heavy atom. The van der Waals surface area contributed by atoms with Crippen LogP contribution in [0.1, 0.15) is 25.2 Å². The molecule has 0 bridgehead atoms. The normalized spacial score (nSPS) is 15.2. The molecule has 0 radical (unpaired) electrons. The summed E-state index contributed by atoms with van der Waals surface area (Å²) in [5.41, 5.74) is 1.09. The number of morpholine rings is 1. The molecule has 0 saturated carbocycles. The van der Waals surface area contributed by atoms with E-state index in [1.807, 2.05) is 24.3 Å². The van der Waals surface area contributed by atoms with Gasteiger partial charge in [-0.3, -0.25) is 9.89 Å². The maximum Gasteiger partial charge on any atom is 0.191 e. The molecule has 2 N–H and O–H groups in total. The number of nitrogens with zero attached hydrogens (tertiary/aromatic N) is 2. The second-order valence-electron chi connectivity index (χ2n) is 8.42. The van der Waals surface area contributed by atoms with Crippen molar-refractivity contribution in [2.75, 3.05) is 59.6 Å². The molecule has 1 fully saturated rings. The lowest BCUT2D eigenvalue weighted by molar-refractivity contribution is 0.0389. The molecule has 8 heteroatoms. The van der Waals surface area contributed by atoms with Gasteiger partial charge < -0.3 is 24.5 Å². The van der Waals surface area contributed by atoms with Crippen LogP contribution in [0.5, 0.6) is 5.75 Å². The Hall–Kier alpha value is -1.78. The summed E-state index contributed by atoms with van der Waals surface area (Å²) in [5, 5.41) is 6.95. The van der Waals surface area contributed by atoms with Gasteiger partial charge in [0, 0.05) is 44.6 Å². The minimum atomic E-state index is -0.117. The Bertz CT molecular complexity index is 805. The topological polar surface area (TPSA) is 71.3 Å². The van der Waals surface area contributed by atoms with Crippen LogP contribution in [-0.4, -0.2) is 70.5 Å². The van der Waals surface area contributed by atoms with Crippen molar-refractivity contribution in [2.45, 2.75) is 25.7 Å². The van der Waals surface area contributed by atoms with Gasteiger partial charge in [0.25, 0.3) is 0 Å². The third-order valence-electron chi connectivity index (χ3n) is 5.55. The van der Waals surface area contributed by atoms with Crippen molar-refractivity contribution < 1.29 is 13.9 Å². The number of rotatable bonds is 10. The summed E-state index contributed by atoms with van der Waals surface area (Å²) >= 11 is 0. The molecule has 178 valence electrons. The van der Waals surface area contributed by atoms with Crippen LogP contribution < -0.4 is 15.4 Å². The third kappa shape index (κ3) is 8.63. The Labute approximate surface area is 209 Å². The van der Waals surface area contributed by atoms with Crippen LogP contribution in [0.15, 0.2) is 52.1 Å². The van der Waals surface area contributed by atoms with Gasteiger partial charge >= 0.3 is 0 Å². The Kier molecular flexibility index (Phi) is 11.3. The molecule has 3 rings (SSSR count). The number of aliphatic imine (C=N–C) groups is 1. The van der Waals surface area contributed by atoms with E-state index >= 15 is 0 Å². The summed E-state index contributed by atoms with van der Waals surface area (Å²) in [7, 11) is 1.70. The number of furan rings is 1. The van der Waals surface area contributed by atoms with E-state index in [4.69, 9.17) is 18.9 Å². The van der Waals surface area contributed by atoms with Gasteiger partial charge in [0.05, 0.1) is 33.1 Å². The highest BCUT2D eigenvalue weighted by Crippen LogP contribution is 2.26. The van der Waals surface area contributed by atoms with Gasteiger partial charge in [-0.05, 0) is 29.8 Å². The number of guanidine groups is 1. The van der Waals surface area contributed by atoms with E-state index in [0.717, 1.165) is 69.8 Å². The first-order chi connectivity index (χ1) is 15.1. The van der Waals surface area contributed by atoms with Gasteiger partial charge in [0.2, 0.25) is 0 Å². The molecule has 0 atom stereocenters. The SMILES string of the molecule is COc1cccc(C(C)(C)CN=C(NCCc2ccco2)NCCN2CCOCC2)c1.I. The molecule has 0 unspecified atom stereocenters. The van der Waals surface area contributed by atoms with Crippen LogP contribution in [-0.2, 0) is 16.6 Å². The Morgan fingerprint density at radius 1 is 1.12 bits per heavy atom. The van der Waals surface area contributed by atoms with E-state index in [2.05, 4.69) is 41.5 Å². The van der Waals surface area contributed by atoms with Gasteiger partial charge in [-0.15, -0.1) is 24.0 Å². The van der Waals surface area contributed by atoms with Crippen molar-refractivity contribution in [3.05, 3.63) is 54.0 Å². The molecule has 0 spiro atoms. The Morgan fingerprint density at radius 3 is 2.62 bits per heavy atom. The summed E-state index contributed by atoms with van der Waals surface area (Å²) in [6.45, 7) is 11.3. The van der Waals surface area contributed by atoms with Crippen molar-refractivity contribution in [1.82, 2.24) is 15.5 Å². The quantitative estimate of drug-likeness (QED) is 0.266. The highest BCUT2D eigenvalue weighted by Gasteiger charge is 2.21. The predicted molar refractivity (Wildman–Crippen MR) is 139 cm³/mol. The lowest BCUT2D eigenvalue weighted by Gasteiger charge is -2.27. The predicted octanol–water partition coefficient (Wildman–Crippen LogP) is 3.29. The van der Waals surface area contributed by atoms with E-state index in [9.17, 15) is 0 Å². The minimum Gasteiger partial charge on any atom is -0.497 e. The molecule has 0 aliphatic carbocycles. The maximum atomic E-state index is 5.44. The first-order valence-corrected chi connectivity index (χ1v) is 11.1. The molecular formula is C24H37IN4O3. The van der Waals surface area contributed by atoms with Crippen LogP contribution in [0.4, 0.5) is 0 Å². The van der Waals surface area contributed by atoms with Crippen LogP contribution in [0.25, 0.3) is 0 Å². The number of ether oxygens (including phenoxy) is 2. The standard InChI is InChI=1S/C24H36N4O3.HI/c1-24(2,20-6-4-7-22(18-20)29-3)19-27-23(25-10-9-21-8-5-15-31-21)26-11-12-28-13-16-30-17-14-28;/h4-8,15,18H,9-14,16-17,19H2,1-3H3,(H2,25,26,27);1H. The highest BCUT2D eigenvalue weighted by molar-refractivity contribution is 14.0. The van der Waals surface area contributed by atoms with E-state index in [0.29, 0.717) is 6.54 Å². The number of benzene rings is 1. The smallest absolute Gasteiger partial charge is 0.191 e. The van der Waals surface area contributed by atoms with Crippen molar-refractivity contribution in [3.63, 3.8) is 0 Å². The second kappa shape index (κ2) is 13.7. The van der Waals surface area contributed by atoms with Crippen molar-refractivity contribution in [2.24, 2.45) is 4.99 Å². The summed E-state index contributed by atoms with van der Waals surface area (Å²) in [6, 6.07) is 12.1. The first-order valence-electron chi connectivity index (χ1n) is 11.1. The number of hydrogen-bond acceptors (Lipinski definition) is 5. The molecule has 0 amide bonds. The second-order valence-corrected chi connectivity index (χ2v) is 8.42. The average Bonchev–Trinajstić information content (AvgIpc) is 3.31. The van der Waals surface area contributed by atoms with E-state index in [-0.39, 0.29) is 29.4 Å². The molecule has 7 nitrogen and oxygen atoms in total. The number of methoxy groups -OCH3 is 1. The van der Waals surface area contributed by atoms with Crippen molar-refractivity contribution in [1.29, 1.82) is 0 Å². The molecule has 32 heavy (non-hydrogen) atoms. The van der Waals surface area contributed by atoms with Gasteiger partial charge in [-0.1, -0.05) is 26.0 Å². The van der Waals surface area contributed by atoms with Gasteiger partial charge in [-0.2, -0.15) is 0 Å². The van der Waals surface area contributed by atoms with E-state index < -0.39 is 0 Å². The molecule has 1 aliphatic heterocycles. The van der Waals surface area contributed by atoms with Crippen LogP contribution in [0.2, 0.25) is 0 Å². The third-order valence-corrected chi connectivity index (χ3v) is 5.55. The molecule has 1 saturated heterocycles. The zero-order valence-electron chi connectivity index (χ0n) is 19.4. The first kappa shape index (κ1) is 26.5. The Balaban J connectivity index is 0.00000363. The van der Waals surface area contributed by atoms with Crippen LogP contribution in [0, 0.1) is 0 Å². The zero-order valence-corrected chi connectivity index (χ0v) is 21.8. The number of halogens is 1. The molecule has 1 aliphatic rings. The summed E-state index contributed by atoms with van der Waals surface area (Å²) < 4.78 is 16.3. The van der Waals surface area contributed by atoms with Crippen LogP contribution in [0.3, 0.4) is 0 Å². The van der Waals surface area contributed by atoms with Gasteiger partial charge in [0.1, 0.15) is 11.5 Å². The lowest BCUT2D eigenvalue weighted by Crippen LogP contribution is -2.45. The number of nitrogens with one attached hydrogen (secondary N) is 2.